The van der Waals surface area contributed by atoms with Crippen molar-refractivity contribution in [3.05, 3.63) is 75.3 Å². The van der Waals surface area contributed by atoms with Crippen LogP contribution in [0.5, 0.6) is 0 Å². The molecule has 1 aromatic heterocycles. The van der Waals surface area contributed by atoms with E-state index in [2.05, 4.69) is 10.00 Å². The number of aromatic nitrogens is 2. The van der Waals surface area contributed by atoms with Crippen LogP contribution in [0.25, 0.3) is 5.69 Å². The van der Waals surface area contributed by atoms with Crippen LogP contribution >= 0.6 is 23.2 Å². The van der Waals surface area contributed by atoms with Crippen molar-refractivity contribution in [3.8, 4) is 5.69 Å². The lowest BCUT2D eigenvalue weighted by atomic mass is 10.0. The number of aryl methyl sites for hydroxylation is 1. The molecule has 1 saturated heterocycles. The molecule has 8 heteroatoms. The molecule has 1 aliphatic heterocycles. The topological polar surface area (TPSA) is 47.4 Å². The summed E-state index contributed by atoms with van der Waals surface area (Å²) in [5.74, 6) is 0.694. The van der Waals surface area contributed by atoms with Gasteiger partial charge in [0.15, 0.2) is 0 Å². The van der Waals surface area contributed by atoms with Gasteiger partial charge in [-0.05, 0) is 73.4 Å². The molecular weight excluding hydrogens is 500 g/mol. The summed E-state index contributed by atoms with van der Waals surface area (Å²) in [6, 6.07) is 11.2. The lowest BCUT2D eigenvalue weighted by Crippen LogP contribution is -2.38. The summed E-state index contributed by atoms with van der Waals surface area (Å²) in [6.07, 6.45) is 8.00. The van der Waals surface area contributed by atoms with Gasteiger partial charge < -0.3 is 14.4 Å². The summed E-state index contributed by atoms with van der Waals surface area (Å²) < 4.78 is 23.0. The SMILES string of the molecule is O=CCCc1ccc(N2CC3CC2CC3OCc2c(C3CC3)cnn2-c2c(Cl)cccc2Cl)cc1F. The van der Waals surface area contributed by atoms with E-state index in [0.717, 1.165) is 37.1 Å². The first-order valence-electron chi connectivity index (χ1n) is 12.6. The van der Waals surface area contributed by atoms with Gasteiger partial charge in [-0.1, -0.05) is 35.3 Å². The minimum absolute atomic E-state index is 0.153. The molecule has 2 heterocycles. The normalized spacial score (nSPS) is 23.0. The molecule has 36 heavy (non-hydrogen) atoms. The lowest BCUT2D eigenvalue weighted by molar-refractivity contribution is -0.107. The van der Waals surface area contributed by atoms with Gasteiger partial charge in [-0.2, -0.15) is 5.10 Å². The Balaban J connectivity index is 1.15. The monoisotopic (exact) mass is 527 g/mol. The Kier molecular flexibility index (Phi) is 6.53. The Bertz CT molecular complexity index is 1270. The number of carbonyl (C=O) groups is 1. The molecule has 0 N–H and O–H groups in total. The smallest absolute Gasteiger partial charge is 0.128 e. The van der Waals surface area contributed by atoms with Crippen molar-refractivity contribution in [2.45, 2.75) is 63.2 Å². The first-order chi connectivity index (χ1) is 17.5. The number of halogens is 3. The van der Waals surface area contributed by atoms with Gasteiger partial charge in [-0.25, -0.2) is 9.07 Å². The number of hydrogen-bond acceptors (Lipinski definition) is 4. The molecule has 3 aliphatic rings. The number of benzene rings is 2. The van der Waals surface area contributed by atoms with Crippen LogP contribution in [0.1, 0.15) is 54.8 Å². The summed E-state index contributed by atoms with van der Waals surface area (Å²) in [5.41, 5.74) is 4.46. The largest absolute Gasteiger partial charge is 0.371 e. The van der Waals surface area contributed by atoms with Crippen molar-refractivity contribution in [1.82, 2.24) is 9.78 Å². The number of rotatable bonds is 9. The maximum absolute atomic E-state index is 14.6. The van der Waals surface area contributed by atoms with Gasteiger partial charge in [-0.15, -0.1) is 0 Å². The van der Waals surface area contributed by atoms with Crippen LogP contribution in [0.4, 0.5) is 10.1 Å². The zero-order valence-electron chi connectivity index (χ0n) is 19.9. The number of aldehydes is 1. The number of ether oxygens (including phenoxy) is 1. The fourth-order valence-electron chi connectivity index (χ4n) is 5.90. The van der Waals surface area contributed by atoms with Crippen molar-refractivity contribution in [2.24, 2.45) is 5.92 Å². The molecule has 5 nitrogen and oxygen atoms in total. The molecule has 3 fully saturated rings. The summed E-state index contributed by atoms with van der Waals surface area (Å²) in [5, 5.41) is 5.78. The lowest BCUT2D eigenvalue weighted by Gasteiger charge is -2.33. The number of nitrogens with zero attached hydrogens (tertiary/aromatic N) is 3. The van der Waals surface area contributed by atoms with E-state index in [-0.39, 0.29) is 11.9 Å². The van der Waals surface area contributed by atoms with Gasteiger partial charge in [0.2, 0.25) is 0 Å². The Labute approximate surface area is 220 Å². The van der Waals surface area contributed by atoms with E-state index in [1.165, 1.54) is 18.4 Å². The zero-order chi connectivity index (χ0) is 24.8. The van der Waals surface area contributed by atoms with Crippen molar-refractivity contribution in [2.75, 3.05) is 11.4 Å². The molecule has 2 bridgehead atoms. The van der Waals surface area contributed by atoms with E-state index < -0.39 is 0 Å². The molecule has 2 aromatic carbocycles. The van der Waals surface area contributed by atoms with Crippen LogP contribution < -0.4 is 4.90 Å². The maximum atomic E-state index is 14.6. The van der Waals surface area contributed by atoms with Crippen molar-refractivity contribution in [1.29, 1.82) is 0 Å². The van der Waals surface area contributed by atoms with Crippen molar-refractivity contribution in [3.63, 3.8) is 0 Å². The van der Waals surface area contributed by atoms with E-state index in [0.29, 0.717) is 58.6 Å². The van der Waals surface area contributed by atoms with Crippen LogP contribution in [-0.2, 0) is 22.6 Å². The van der Waals surface area contributed by atoms with Gasteiger partial charge in [0.25, 0.3) is 0 Å². The molecule has 188 valence electrons. The number of carbonyl (C=O) groups excluding carboxylic acids is 1. The molecule has 3 atom stereocenters. The Morgan fingerprint density at radius 3 is 2.61 bits per heavy atom. The fourth-order valence-corrected chi connectivity index (χ4v) is 6.45. The van der Waals surface area contributed by atoms with Gasteiger partial charge in [0, 0.05) is 30.6 Å². The predicted octanol–water partition coefficient (Wildman–Crippen LogP) is 6.51. The summed E-state index contributed by atoms with van der Waals surface area (Å²) in [7, 11) is 0. The van der Waals surface area contributed by atoms with Gasteiger partial charge in [0.05, 0.1) is 34.6 Å². The van der Waals surface area contributed by atoms with E-state index in [9.17, 15) is 9.18 Å². The first-order valence-corrected chi connectivity index (χ1v) is 13.4. The van der Waals surface area contributed by atoms with Gasteiger partial charge >= 0.3 is 0 Å². The predicted molar refractivity (Wildman–Crippen MR) is 139 cm³/mol. The molecule has 0 spiro atoms. The van der Waals surface area contributed by atoms with E-state index in [1.54, 1.807) is 6.07 Å². The standard InChI is InChI=1S/C28H28Cl2FN3O2/c29-23-4-1-5-24(30)28(23)34-26(22(14-32-34)17-6-7-17)16-36-27-13-21-11-19(27)15-33(21)20-9-8-18(3-2-10-35)25(31)12-20/h1,4-5,8-10,12,14,17,19,21,27H,2-3,6-7,11,13,15-16H2. The maximum Gasteiger partial charge on any atom is 0.128 e. The summed E-state index contributed by atoms with van der Waals surface area (Å²) in [6.45, 7) is 1.31. The Morgan fingerprint density at radius 1 is 1.14 bits per heavy atom. The van der Waals surface area contributed by atoms with Crippen molar-refractivity contribution < 1.29 is 13.9 Å². The number of anilines is 1. The molecule has 6 rings (SSSR count). The van der Waals surface area contributed by atoms with Crippen LogP contribution in [0, 0.1) is 11.7 Å². The quantitative estimate of drug-likeness (QED) is 0.297. The highest BCUT2D eigenvalue weighted by atomic mass is 35.5. The van der Waals surface area contributed by atoms with E-state index in [1.807, 2.05) is 41.2 Å². The minimum atomic E-state index is -0.232. The van der Waals surface area contributed by atoms with Crippen molar-refractivity contribution >= 4 is 35.2 Å². The van der Waals surface area contributed by atoms with Crippen LogP contribution in [0.15, 0.2) is 42.6 Å². The second-order valence-corrected chi connectivity index (χ2v) is 11.0. The molecule has 0 radical (unpaired) electrons. The van der Waals surface area contributed by atoms with E-state index in [4.69, 9.17) is 27.9 Å². The Morgan fingerprint density at radius 2 is 1.94 bits per heavy atom. The second kappa shape index (κ2) is 9.81. The third-order valence-corrected chi connectivity index (χ3v) is 8.49. The summed E-state index contributed by atoms with van der Waals surface area (Å²) in [4.78, 5) is 12.9. The molecule has 3 unspecified atom stereocenters. The van der Waals surface area contributed by atoms with Crippen LogP contribution in [0.2, 0.25) is 10.0 Å². The third kappa shape index (κ3) is 4.44. The number of hydrogen-bond donors (Lipinski definition) is 0. The van der Waals surface area contributed by atoms with Gasteiger partial charge in [0.1, 0.15) is 17.8 Å². The second-order valence-electron chi connectivity index (χ2n) is 10.2. The number of para-hydroxylation sites is 1. The van der Waals surface area contributed by atoms with Gasteiger partial charge in [-0.3, -0.25) is 0 Å². The van der Waals surface area contributed by atoms with Crippen LogP contribution in [0.3, 0.4) is 0 Å². The third-order valence-electron chi connectivity index (χ3n) is 7.88. The summed E-state index contributed by atoms with van der Waals surface area (Å²) >= 11 is 13.0. The first kappa shape index (κ1) is 24.0. The molecule has 0 amide bonds. The molecule has 2 aliphatic carbocycles. The molecule has 3 aromatic rings. The number of fused-ring (bicyclic) bond motifs is 2. The average Bonchev–Trinajstić information content (AvgIpc) is 3.32. The molecule has 2 saturated carbocycles. The zero-order valence-corrected chi connectivity index (χ0v) is 21.4. The highest BCUT2D eigenvalue weighted by Crippen LogP contribution is 2.45. The Hall–Kier alpha value is -2.41. The fraction of sp³-hybridized carbons (Fsp3) is 0.429. The van der Waals surface area contributed by atoms with E-state index >= 15 is 0 Å². The highest BCUT2D eigenvalue weighted by molar-refractivity contribution is 6.37. The highest BCUT2D eigenvalue weighted by Gasteiger charge is 2.45. The molecular formula is C28H28Cl2FN3O2. The van der Waals surface area contributed by atoms with Crippen LogP contribution in [-0.4, -0.2) is 34.8 Å². The number of piperidine rings is 1. The average molecular weight is 528 g/mol. The minimum Gasteiger partial charge on any atom is -0.371 e.